The van der Waals surface area contributed by atoms with Gasteiger partial charge >= 0.3 is 0 Å². The summed E-state index contributed by atoms with van der Waals surface area (Å²) in [5.41, 5.74) is 0.973. The molecule has 0 atom stereocenters. The molecule has 2 rings (SSSR count). The summed E-state index contributed by atoms with van der Waals surface area (Å²) in [7, 11) is 0. The van der Waals surface area contributed by atoms with Gasteiger partial charge in [-0.25, -0.2) is 9.37 Å². The Kier molecular flexibility index (Phi) is 3.90. The lowest BCUT2D eigenvalue weighted by Crippen LogP contribution is -2.00. The van der Waals surface area contributed by atoms with Crippen LogP contribution in [0.3, 0.4) is 0 Å². The number of nitrogens with zero attached hydrogens (tertiary/aromatic N) is 2. The van der Waals surface area contributed by atoms with E-state index in [-0.39, 0.29) is 12.4 Å². The molecule has 90 valence electrons. The third-order valence-electron chi connectivity index (χ3n) is 2.27. The van der Waals surface area contributed by atoms with Crippen molar-refractivity contribution in [3.8, 4) is 11.8 Å². The Bertz CT molecular complexity index is 610. The van der Waals surface area contributed by atoms with E-state index in [0.29, 0.717) is 21.5 Å². The standard InChI is InChI=1S/C13H8BrFN2O/c14-11-4-3-10(15)6-13(11)18-8-9-2-1-5-17-12(9)7-16/h1-6H,8H2. The average Bonchev–Trinajstić information content (AvgIpc) is 2.40. The maximum absolute atomic E-state index is 13.1. The summed E-state index contributed by atoms with van der Waals surface area (Å²) in [6, 6.07) is 9.64. The predicted molar refractivity (Wildman–Crippen MR) is 67.4 cm³/mol. The molecule has 0 bridgehead atoms. The molecule has 0 aliphatic carbocycles. The summed E-state index contributed by atoms with van der Waals surface area (Å²) in [5.74, 6) is 0.0163. The van der Waals surface area contributed by atoms with Crippen molar-refractivity contribution in [2.24, 2.45) is 0 Å². The maximum atomic E-state index is 13.1. The van der Waals surface area contributed by atoms with Gasteiger partial charge in [-0.15, -0.1) is 0 Å². The first-order valence-corrected chi connectivity index (χ1v) is 5.92. The Morgan fingerprint density at radius 2 is 2.22 bits per heavy atom. The van der Waals surface area contributed by atoms with E-state index in [1.54, 1.807) is 24.4 Å². The Balaban J connectivity index is 2.17. The second kappa shape index (κ2) is 5.61. The molecule has 1 aromatic heterocycles. The molecule has 0 N–H and O–H groups in total. The molecule has 2 aromatic rings. The molecule has 0 saturated carbocycles. The molecule has 0 saturated heterocycles. The van der Waals surface area contributed by atoms with E-state index in [1.165, 1.54) is 12.1 Å². The molecular weight excluding hydrogens is 299 g/mol. The second-order valence-electron chi connectivity index (χ2n) is 3.49. The van der Waals surface area contributed by atoms with Gasteiger partial charge in [0.2, 0.25) is 0 Å². The van der Waals surface area contributed by atoms with Crippen LogP contribution in [0.1, 0.15) is 11.3 Å². The minimum absolute atomic E-state index is 0.165. The lowest BCUT2D eigenvalue weighted by Gasteiger charge is -2.08. The lowest BCUT2D eigenvalue weighted by molar-refractivity contribution is 0.302. The van der Waals surface area contributed by atoms with E-state index in [1.807, 2.05) is 6.07 Å². The van der Waals surface area contributed by atoms with E-state index < -0.39 is 0 Å². The van der Waals surface area contributed by atoms with Crippen molar-refractivity contribution in [2.45, 2.75) is 6.61 Å². The second-order valence-corrected chi connectivity index (χ2v) is 4.34. The van der Waals surface area contributed by atoms with Crippen LogP contribution < -0.4 is 4.74 Å². The number of pyridine rings is 1. The molecule has 1 aromatic carbocycles. The summed E-state index contributed by atoms with van der Waals surface area (Å²) in [5, 5.41) is 8.88. The van der Waals surface area contributed by atoms with Gasteiger partial charge in [-0.1, -0.05) is 6.07 Å². The molecule has 5 heteroatoms. The summed E-state index contributed by atoms with van der Waals surface area (Å²) < 4.78 is 19.2. The van der Waals surface area contributed by atoms with Gasteiger partial charge in [-0.05, 0) is 34.1 Å². The highest BCUT2D eigenvalue weighted by Crippen LogP contribution is 2.26. The van der Waals surface area contributed by atoms with Crippen LogP contribution in [0.4, 0.5) is 4.39 Å². The van der Waals surface area contributed by atoms with Crippen molar-refractivity contribution >= 4 is 15.9 Å². The molecule has 0 radical (unpaired) electrons. The highest BCUT2D eigenvalue weighted by Gasteiger charge is 2.06. The van der Waals surface area contributed by atoms with Gasteiger partial charge in [0.05, 0.1) is 4.47 Å². The fourth-order valence-electron chi connectivity index (χ4n) is 1.40. The smallest absolute Gasteiger partial charge is 0.147 e. The zero-order valence-electron chi connectivity index (χ0n) is 9.23. The zero-order chi connectivity index (χ0) is 13.0. The van der Waals surface area contributed by atoms with E-state index in [4.69, 9.17) is 10.00 Å². The highest BCUT2D eigenvalue weighted by atomic mass is 79.9. The Morgan fingerprint density at radius 1 is 1.39 bits per heavy atom. The number of aromatic nitrogens is 1. The van der Waals surface area contributed by atoms with Crippen LogP contribution in [-0.4, -0.2) is 4.98 Å². The lowest BCUT2D eigenvalue weighted by atomic mass is 10.2. The van der Waals surface area contributed by atoms with Crippen molar-refractivity contribution < 1.29 is 9.13 Å². The number of halogens is 2. The van der Waals surface area contributed by atoms with Gasteiger partial charge in [-0.3, -0.25) is 0 Å². The van der Waals surface area contributed by atoms with Crippen LogP contribution >= 0.6 is 15.9 Å². The van der Waals surface area contributed by atoms with E-state index in [9.17, 15) is 4.39 Å². The topological polar surface area (TPSA) is 45.9 Å². The van der Waals surface area contributed by atoms with Gasteiger partial charge in [0.1, 0.15) is 29.9 Å². The van der Waals surface area contributed by atoms with Crippen LogP contribution in [-0.2, 0) is 6.61 Å². The van der Waals surface area contributed by atoms with Gasteiger partial charge in [0.25, 0.3) is 0 Å². The zero-order valence-corrected chi connectivity index (χ0v) is 10.8. The third kappa shape index (κ3) is 2.84. The molecular formula is C13H8BrFN2O. The molecule has 0 aliphatic rings. The molecule has 0 unspecified atom stereocenters. The van der Waals surface area contributed by atoms with Gasteiger partial charge in [-0.2, -0.15) is 5.26 Å². The van der Waals surface area contributed by atoms with Crippen LogP contribution in [0.25, 0.3) is 0 Å². The molecule has 3 nitrogen and oxygen atoms in total. The molecule has 0 fully saturated rings. The molecule has 1 heterocycles. The summed E-state index contributed by atoms with van der Waals surface area (Å²) in [6.45, 7) is 0.165. The summed E-state index contributed by atoms with van der Waals surface area (Å²) in [6.07, 6.45) is 1.54. The van der Waals surface area contributed by atoms with Crippen molar-refractivity contribution in [1.29, 1.82) is 5.26 Å². The Morgan fingerprint density at radius 3 is 3.00 bits per heavy atom. The van der Waals surface area contributed by atoms with E-state index in [2.05, 4.69) is 20.9 Å². The number of hydrogen-bond donors (Lipinski definition) is 0. The summed E-state index contributed by atoms with van der Waals surface area (Å²) in [4.78, 5) is 3.92. The number of nitriles is 1. The highest BCUT2D eigenvalue weighted by molar-refractivity contribution is 9.10. The molecule has 0 amide bonds. The number of hydrogen-bond acceptors (Lipinski definition) is 3. The van der Waals surface area contributed by atoms with Crippen molar-refractivity contribution in [2.75, 3.05) is 0 Å². The Labute approximate surface area is 112 Å². The minimum atomic E-state index is -0.375. The molecule has 0 aliphatic heterocycles. The number of benzene rings is 1. The molecule has 0 spiro atoms. The van der Waals surface area contributed by atoms with Crippen molar-refractivity contribution in [3.63, 3.8) is 0 Å². The first-order chi connectivity index (χ1) is 8.70. The first kappa shape index (κ1) is 12.5. The summed E-state index contributed by atoms with van der Waals surface area (Å²) >= 11 is 3.27. The van der Waals surface area contributed by atoms with Crippen LogP contribution in [0.2, 0.25) is 0 Å². The normalized spacial score (nSPS) is 9.83. The van der Waals surface area contributed by atoms with Gasteiger partial charge < -0.3 is 4.74 Å². The number of ether oxygens (including phenoxy) is 1. The monoisotopic (exact) mass is 306 g/mol. The minimum Gasteiger partial charge on any atom is -0.488 e. The van der Waals surface area contributed by atoms with Crippen LogP contribution in [0.15, 0.2) is 41.0 Å². The van der Waals surface area contributed by atoms with Gasteiger partial charge in [0, 0.05) is 17.8 Å². The maximum Gasteiger partial charge on any atom is 0.147 e. The first-order valence-electron chi connectivity index (χ1n) is 5.12. The van der Waals surface area contributed by atoms with Crippen LogP contribution in [0.5, 0.6) is 5.75 Å². The average molecular weight is 307 g/mol. The van der Waals surface area contributed by atoms with Crippen LogP contribution in [0, 0.1) is 17.1 Å². The predicted octanol–water partition coefficient (Wildman–Crippen LogP) is 3.43. The molecule has 18 heavy (non-hydrogen) atoms. The fraction of sp³-hybridized carbons (Fsp3) is 0.0769. The van der Waals surface area contributed by atoms with Gasteiger partial charge in [0.15, 0.2) is 0 Å². The van der Waals surface area contributed by atoms with E-state index >= 15 is 0 Å². The number of rotatable bonds is 3. The van der Waals surface area contributed by atoms with Crippen molar-refractivity contribution in [1.82, 2.24) is 4.98 Å². The quantitative estimate of drug-likeness (QED) is 0.872. The fourth-order valence-corrected chi connectivity index (χ4v) is 1.76. The SMILES string of the molecule is N#Cc1ncccc1COc1cc(F)ccc1Br. The Hall–Kier alpha value is -1.93. The largest absolute Gasteiger partial charge is 0.488 e. The third-order valence-corrected chi connectivity index (χ3v) is 2.93. The van der Waals surface area contributed by atoms with Crippen molar-refractivity contribution in [3.05, 3.63) is 58.1 Å². The van der Waals surface area contributed by atoms with E-state index in [0.717, 1.165) is 0 Å².